The van der Waals surface area contributed by atoms with Crippen molar-refractivity contribution in [2.24, 2.45) is 0 Å². The number of hydrogen-bond acceptors (Lipinski definition) is 8. The zero-order chi connectivity index (χ0) is 35.5. The number of nitro groups is 2. The molecule has 2 aliphatic heterocycles. The van der Waals surface area contributed by atoms with E-state index in [1.807, 2.05) is 27.7 Å². The standard InChI is InChI=1S/C31H31N4O4.CHF3O3S/c1-7-18-32-26-16-14-22(34(36)37)20-24(26)30(5,9-3)28(32)12-11-13-29-31(6,10-4)25-21-23(35(38)39)15-17-27(25)33(29)19-8-2;2-1(3,4)8(5,6)7/h1-2,11-17,20-21H,9-10,18-19H2,3-6H3;(H,5,6,7)/q+1;/p-1. The fourth-order valence-electron chi connectivity index (χ4n) is 5.81. The SMILES string of the molecule is C#CCN1C(=CC=CC2=[N+](CC#C)c3ccc([N+](=O)[O-])cc3C2(C)CC)C(C)(CC)c2cc([N+](=O)[O-])ccc21.O=S(=O)([O-])C(F)(F)F. The molecule has 2 unspecified atom stereocenters. The molecule has 0 saturated carbocycles. The normalized spacial score (nSPS) is 21.1. The van der Waals surface area contributed by atoms with E-state index in [9.17, 15) is 33.4 Å². The van der Waals surface area contributed by atoms with Gasteiger partial charge in [0.25, 0.3) is 11.4 Å². The third-order valence-corrected chi connectivity index (χ3v) is 9.14. The number of nitrogens with zero attached hydrogens (tertiary/aromatic N) is 4. The Bertz CT molecular complexity index is 1910. The predicted octanol–water partition coefficient (Wildman–Crippen LogP) is 6.22. The van der Waals surface area contributed by atoms with Gasteiger partial charge in [0.05, 0.1) is 21.8 Å². The average Bonchev–Trinajstić information content (AvgIpc) is 3.37. The number of halogens is 3. The Kier molecular flexibility index (Phi) is 10.4. The lowest BCUT2D eigenvalue weighted by atomic mass is 9.76. The maximum atomic E-state index is 11.5. The molecule has 11 nitrogen and oxygen atoms in total. The minimum Gasteiger partial charge on any atom is -0.741 e. The van der Waals surface area contributed by atoms with Crippen LogP contribution in [0.15, 0.2) is 60.3 Å². The van der Waals surface area contributed by atoms with E-state index in [4.69, 9.17) is 25.8 Å². The molecule has 0 aliphatic carbocycles. The maximum Gasteiger partial charge on any atom is 0.485 e. The summed E-state index contributed by atoms with van der Waals surface area (Å²) in [6.07, 6.45) is 18.9. The van der Waals surface area contributed by atoms with Crippen molar-refractivity contribution in [1.82, 2.24) is 0 Å². The second kappa shape index (κ2) is 13.4. The van der Waals surface area contributed by atoms with E-state index in [1.165, 1.54) is 12.1 Å². The lowest BCUT2D eigenvalue weighted by Gasteiger charge is -2.28. The van der Waals surface area contributed by atoms with Gasteiger partial charge < -0.3 is 9.45 Å². The van der Waals surface area contributed by atoms with Crippen molar-refractivity contribution in [3.63, 3.8) is 0 Å². The predicted molar refractivity (Wildman–Crippen MR) is 169 cm³/mol. The van der Waals surface area contributed by atoms with Crippen LogP contribution in [0.3, 0.4) is 0 Å². The highest BCUT2D eigenvalue weighted by molar-refractivity contribution is 7.86. The van der Waals surface area contributed by atoms with Crippen LogP contribution < -0.4 is 4.90 Å². The number of non-ortho nitro benzene ring substituents is 2. The molecule has 2 aliphatic rings. The molecular formula is C32H31F3N4O7S. The Morgan fingerprint density at radius 2 is 1.49 bits per heavy atom. The first-order chi connectivity index (χ1) is 21.8. The van der Waals surface area contributed by atoms with Crippen molar-refractivity contribution in [2.75, 3.05) is 18.0 Å². The van der Waals surface area contributed by atoms with Crippen molar-refractivity contribution < 1.29 is 40.6 Å². The van der Waals surface area contributed by atoms with E-state index < -0.39 is 26.5 Å². The second-order valence-electron chi connectivity index (χ2n) is 11.1. The molecule has 2 aromatic rings. The summed E-state index contributed by atoms with van der Waals surface area (Å²) in [6.45, 7) is 8.90. The molecule has 2 heterocycles. The molecule has 0 aromatic heterocycles. The third-order valence-electron chi connectivity index (χ3n) is 8.57. The van der Waals surface area contributed by atoms with E-state index >= 15 is 0 Å². The number of anilines is 1. The minimum atomic E-state index is -6.09. The van der Waals surface area contributed by atoms with E-state index in [2.05, 4.69) is 39.5 Å². The number of rotatable bonds is 8. The van der Waals surface area contributed by atoms with Crippen LogP contribution in [0.2, 0.25) is 0 Å². The molecule has 0 spiro atoms. The molecule has 0 N–H and O–H groups in total. The maximum absolute atomic E-state index is 11.5. The number of terminal acetylenes is 2. The molecule has 0 saturated heterocycles. The zero-order valence-corrected chi connectivity index (χ0v) is 26.7. The van der Waals surface area contributed by atoms with Gasteiger partial charge in [0.15, 0.2) is 15.8 Å². The Hall–Kier alpha value is -4.99. The monoisotopic (exact) mass is 672 g/mol. The number of benzene rings is 2. The van der Waals surface area contributed by atoms with Gasteiger partial charge in [-0.3, -0.25) is 20.2 Å². The molecule has 0 radical (unpaired) electrons. The number of allylic oxidation sites excluding steroid dienone is 4. The summed E-state index contributed by atoms with van der Waals surface area (Å²) in [4.78, 5) is 24.3. The van der Waals surface area contributed by atoms with Gasteiger partial charge in [-0.2, -0.15) is 17.7 Å². The summed E-state index contributed by atoms with van der Waals surface area (Å²) >= 11 is 0. The summed E-state index contributed by atoms with van der Waals surface area (Å²) in [5.74, 6) is 5.44. The van der Waals surface area contributed by atoms with Crippen LogP contribution in [0, 0.1) is 44.9 Å². The first-order valence-electron chi connectivity index (χ1n) is 14.1. The molecule has 0 fully saturated rings. The highest BCUT2D eigenvalue weighted by atomic mass is 32.2. The van der Waals surface area contributed by atoms with Crippen LogP contribution in [0.1, 0.15) is 51.7 Å². The minimum absolute atomic E-state index is 0.0443. The van der Waals surface area contributed by atoms with Gasteiger partial charge in [0.1, 0.15) is 0 Å². The smallest absolute Gasteiger partial charge is 0.485 e. The average molecular weight is 673 g/mol. The number of hydrogen-bond donors (Lipinski definition) is 0. The van der Waals surface area contributed by atoms with Gasteiger partial charge in [-0.1, -0.05) is 25.8 Å². The van der Waals surface area contributed by atoms with Crippen molar-refractivity contribution in [3.8, 4) is 24.7 Å². The first kappa shape index (κ1) is 36.5. The summed E-state index contributed by atoms with van der Waals surface area (Å²) in [5.41, 5.74) is -1.17. The second-order valence-corrected chi connectivity index (χ2v) is 12.4. The molecule has 0 amide bonds. The first-order valence-corrected chi connectivity index (χ1v) is 15.5. The van der Waals surface area contributed by atoms with Gasteiger partial charge in [0.2, 0.25) is 12.2 Å². The Morgan fingerprint density at radius 1 is 0.957 bits per heavy atom. The molecule has 248 valence electrons. The van der Waals surface area contributed by atoms with Crippen molar-refractivity contribution in [1.29, 1.82) is 0 Å². The van der Waals surface area contributed by atoms with Gasteiger partial charge in [-0.15, -0.1) is 12.8 Å². The Balaban J connectivity index is 0.000000665. The number of fused-ring (bicyclic) bond motifs is 2. The fraction of sp³-hybridized carbons (Fsp3) is 0.344. The highest BCUT2D eigenvalue weighted by Gasteiger charge is 2.47. The van der Waals surface area contributed by atoms with Crippen LogP contribution in [-0.4, -0.2) is 51.7 Å². The van der Waals surface area contributed by atoms with Crippen molar-refractivity contribution >= 4 is 38.6 Å². The van der Waals surface area contributed by atoms with Crippen LogP contribution in [-0.2, 0) is 20.9 Å². The summed E-state index contributed by atoms with van der Waals surface area (Å²) in [5, 5.41) is 23.0. The summed E-state index contributed by atoms with van der Waals surface area (Å²) < 4.78 is 60.9. The number of alkyl halides is 3. The molecule has 4 rings (SSSR count). The molecule has 47 heavy (non-hydrogen) atoms. The van der Waals surface area contributed by atoms with E-state index in [0.717, 1.165) is 33.9 Å². The third kappa shape index (κ3) is 6.77. The molecular weight excluding hydrogens is 641 g/mol. The van der Waals surface area contributed by atoms with E-state index in [-0.39, 0.29) is 21.2 Å². The molecule has 2 aromatic carbocycles. The molecule has 0 bridgehead atoms. The molecule has 15 heteroatoms. The zero-order valence-electron chi connectivity index (χ0n) is 25.9. The van der Waals surface area contributed by atoms with Crippen LogP contribution in [0.5, 0.6) is 0 Å². The highest BCUT2D eigenvalue weighted by Crippen LogP contribution is 2.51. The largest absolute Gasteiger partial charge is 0.741 e. The van der Waals surface area contributed by atoms with E-state index in [0.29, 0.717) is 25.9 Å². The lowest BCUT2D eigenvalue weighted by molar-refractivity contribution is -0.423. The lowest BCUT2D eigenvalue weighted by Crippen LogP contribution is -2.30. The van der Waals surface area contributed by atoms with E-state index in [1.54, 1.807) is 24.3 Å². The number of nitro benzene ring substituents is 2. The Morgan fingerprint density at radius 3 is 1.96 bits per heavy atom. The summed E-state index contributed by atoms with van der Waals surface area (Å²) in [6, 6.07) is 9.83. The van der Waals surface area contributed by atoms with Gasteiger partial charge >= 0.3 is 5.51 Å². The van der Waals surface area contributed by atoms with Gasteiger partial charge in [0, 0.05) is 58.8 Å². The Labute approximate surface area is 270 Å². The molecule has 2 atom stereocenters. The van der Waals surface area contributed by atoms with Crippen LogP contribution >= 0.6 is 0 Å². The fourth-order valence-corrected chi connectivity index (χ4v) is 5.81. The van der Waals surface area contributed by atoms with Crippen molar-refractivity contribution in [2.45, 2.75) is 56.9 Å². The van der Waals surface area contributed by atoms with Crippen LogP contribution in [0.25, 0.3) is 0 Å². The van der Waals surface area contributed by atoms with Gasteiger partial charge in [-0.25, -0.2) is 8.42 Å². The van der Waals surface area contributed by atoms with Crippen LogP contribution in [0.4, 0.5) is 35.9 Å². The van der Waals surface area contributed by atoms with Crippen molar-refractivity contribution in [3.05, 3.63) is 91.7 Å². The topological polar surface area (TPSA) is 150 Å². The summed E-state index contributed by atoms with van der Waals surface area (Å²) in [7, 11) is -6.09. The van der Waals surface area contributed by atoms with Gasteiger partial charge in [-0.05, 0) is 50.3 Å². The quantitative estimate of drug-likeness (QED) is 0.0802.